The van der Waals surface area contributed by atoms with Crippen molar-refractivity contribution in [1.82, 2.24) is 4.98 Å². The van der Waals surface area contributed by atoms with E-state index in [1.54, 1.807) is 17.0 Å². The second kappa shape index (κ2) is 7.95. The number of halogens is 1. The SMILES string of the molecule is C[NH+](C)CCN(C(=O)[C@@H]1COc2ccccc2O1)c1nc2c(Cl)cccc2s1. The van der Waals surface area contributed by atoms with E-state index in [4.69, 9.17) is 21.1 Å². The van der Waals surface area contributed by atoms with Gasteiger partial charge in [-0.1, -0.05) is 41.1 Å². The van der Waals surface area contributed by atoms with Gasteiger partial charge in [-0.25, -0.2) is 4.98 Å². The Hall–Kier alpha value is -2.35. The van der Waals surface area contributed by atoms with Gasteiger partial charge in [-0.2, -0.15) is 0 Å². The first-order chi connectivity index (χ1) is 13.5. The van der Waals surface area contributed by atoms with Gasteiger partial charge in [0.1, 0.15) is 12.1 Å². The zero-order valence-electron chi connectivity index (χ0n) is 15.6. The average Bonchev–Trinajstić information content (AvgIpc) is 3.12. The van der Waals surface area contributed by atoms with Crippen molar-refractivity contribution in [3.05, 3.63) is 47.5 Å². The summed E-state index contributed by atoms with van der Waals surface area (Å²) in [4.78, 5) is 20.9. The number of carbonyl (C=O) groups excluding carboxylic acids is 1. The molecule has 1 atom stereocenters. The van der Waals surface area contributed by atoms with Crippen LogP contribution in [0.5, 0.6) is 11.5 Å². The topological polar surface area (TPSA) is 56.1 Å². The summed E-state index contributed by atoms with van der Waals surface area (Å²) in [6.07, 6.45) is -0.713. The minimum Gasteiger partial charge on any atom is -0.485 e. The molecular formula is C20H21ClN3O3S+. The van der Waals surface area contributed by atoms with E-state index in [9.17, 15) is 4.79 Å². The van der Waals surface area contributed by atoms with E-state index < -0.39 is 6.10 Å². The first-order valence-electron chi connectivity index (χ1n) is 9.07. The molecule has 0 saturated carbocycles. The van der Waals surface area contributed by atoms with E-state index in [1.165, 1.54) is 16.2 Å². The van der Waals surface area contributed by atoms with Gasteiger partial charge < -0.3 is 14.4 Å². The third-order valence-electron chi connectivity index (χ3n) is 4.47. The molecule has 0 radical (unpaired) electrons. The number of hydrogen-bond acceptors (Lipinski definition) is 5. The second-order valence-corrected chi connectivity index (χ2v) is 8.31. The van der Waals surface area contributed by atoms with Crippen molar-refractivity contribution in [2.45, 2.75) is 6.10 Å². The van der Waals surface area contributed by atoms with Crippen LogP contribution in [0.4, 0.5) is 5.13 Å². The summed E-state index contributed by atoms with van der Waals surface area (Å²) in [5.41, 5.74) is 0.713. The Morgan fingerprint density at radius 3 is 2.79 bits per heavy atom. The van der Waals surface area contributed by atoms with E-state index in [0.29, 0.717) is 33.7 Å². The highest BCUT2D eigenvalue weighted by Crippen LogP contribution is 2.35. The molecule has 1 aliphatic rings. The zero-order chi connectivity index (χ0) is 19.7. The van der Waals surface area contributed by atoms with E-state index in [-0.39, 0.29) is 12.5 Å². The molecule has 8 heteroatoms. The molecule has 0 unspecified atom stereocenters. The van der Waals surface area contributed by atoms with Crippen molar-refractivity contribution in [2.24, 2.45) is 0 Å². The number of fused-ring (bicyclic) bond motifs is 2. The maximum atomic E-state index is 13.3. The van der Waals surface area contributed by atoms with Crippen LogP contribution in [0.2, 0.25) is 5.02 Å². The number of para-hydroxylation sites is 3. The van der Waals surface area contributed by atoms with Crippen molar-refractivity contribution in [1.29, 1.82) is 0 Å². The number of likely N-dealkylation sites (N-methyl/N-ethyl adjacent to an activating group) is 1. The quantitative estimate of drug-likeness (QED) is 0.690. The fraction of sp³-hybridized carbons (Fsp3) is 0.300. The van der Waals surface area contributed by atoms with Crippen molar-refractivity contribution < 1.29 is 19.2 Å². The van der Waals surface area contributed by atoms with Crippen LogP contribution in [0.3, 0.4) is 0 Å². The van der Waals surface area contributed by atoms with Crippen LogP contribution in [-0.4, -0.2) is 50.8 Å². The minimum absolute atomic E-state index is 0.161. The number of thiazole rings is 1. The number of carbonyl (C=O) groups is 1. The summed E-state index contributed by atoms with van der Waals surface area (Å²) in [6.45, 7) is 1.48. The molecule has 0 saturated heterocycles. The Balaban J connectivity index is 1.63. The molecule has 4 rings (SSSR count). The largest absolute Gasteiger partial charge is 0.485 e. The Labute approximate surface area is 172 Å². The van der Waals surface area contributed by atoms with E-state index in [1.807, 2.05) is 44.4 Å². The van der Waals surface area contributed by atoms with Gasteiger partial charge in [0.05, 0.1) is 36.9 Å². The number of quaternary nitrogens is 1. The number of nitrogens with one attached hydrogen (secondary N) is 1. The van der Waals surface area contributed by atoms with Gasteiger partial charge in [0.25, 0.3) is 5.91 Å². The van der Waals surface area contributed by atoms with E-state index in [0.717, 1.165) is 11.2 Å². The molecule has 0 fully saturated rings. The smallest absolute Gasteiger partial charge is 0.273 e. The molecule has 3 aromatic rings. The van der Waals surface area contributed by atoms with Crippen LogP contribution in [0.1, 0.15) is 0 Å². The van der Waals surface area contributed by atoms with Crippen molar-refractivity contribution in [3.8, 4) is 11.5 Å². The molecule has 1 N–H and O–H groups in total. The Bertz CT molecular complexity index is 1010. The summed E-state index contributed by atoms with van der Waals surface area (Å²) in [6, 6.07) is 13.0. The predicted molar refractivity (Wildman–Crippen MR) is 111 cm³/mol. The molecule has 1 amide bonds. The summed E-state index contributed by atoms with van der Waals surface area (Å²) in [5.74, 6) is 1.08. The standard InChI is InChI=1S/C20H20ClN3O3S/c1-23(2)10-11-24(20-22-18-13(21)6-5-9-17(18)28-20)19(25)16-12-26-14-7-3-4-8-15(14)27-16/h3-9,16H,10-12H2,1-2H3/p+1/t16-/m0/s1. The lowest BCUT2D eigenvalue weighted by atomic mass is 10.2. The summed E-state index contributed by atoms with van der Waals surface area (Å²) in [7, 11) is 4.10. The first kappa shape index (κ1) is 19.0. The molecular weight excluding hydrogens is 398 g/mol. The highest BCUT2D eigenvalue weighted by Gasteiger charge is 2.33. The molecule has 6 nitrogen and oxygen atoms in total. The normalized spacial score (nSPS) is 15.8. The lowest BCUT2D eigenvalue weighted by molar-refractivity contribution is -0.856. The highest BCUT2D eigenvalue weighted by atomic mass is 35.5. The number of nitrogens with zero attached hydrogens (tertiary/aromatic N) is 2. The fourth-order valence-electron chi connectivity index (χ4n) is 2.97. The maximum absolute atomic E-state index is 13.3. The Morgan fingerprint density at radius 2 is 2.04 bits per heavy atom. The predicted octanol–water partition coefficient (Wildman–Crippen LogP) is 2.27. The van der Waals surface area contributed by atoms with E-state index in [2.05, 4.69) is 4.98 Å². The maximum Gasteiger partial charge on any atom is 0.273 e. The van der Waals surface area contributed by atoms with Crippen LogP contribution in [0, 0.1) is 0 Å². The Kier molecular flexibility index (Phi) is 5.39. The highest BCUT2D eigenvalue weighted by molar-refractivity contribution is 7.22. The summed E-state index contributed by atoms with van der Waals surface area (Å²) in [5, 5.41) is 1.20. The summed E-state index contributed by atoms with van der Waals surface area (Å²) >= 11 is 7.73. The Morgan fingerprint density at radius 1 is 1.25 bits per heavy atom. The van der Waals surface area contributed by atoms with Gasteiger partial charge in [-0.3, -0.25) is 9.69 Å². The van der Waals surface area contributed by atoms with E-state index >= 15 is 0 Å². The van der Waals surface area contributed by atoms with Gasteiger partial charge in [0.2, 0.25) is 6.10 Å². The van der Waals surface area contributed by atoms with Gasteiger partial charge in [-0.15, -0.1) is 0 Å². The monoisotopic (exact) mass is 418 g/mol. The number of amides is 1. The molecule has 28 heavy (non-hydrogen) atoms. The van der Waals surface area contributed by atoms with Crippen LogP contribution in [0.25, 0.3) is 10.2 Å². The third kappa shape index (κ3) is 3.78. The van der Waals surface area contributed by atoms with Crippen molar-refractivity contribution >= 4 is 44.2 Å². The van der Waals surface area contributed by atoms with Gasteiger partial charge >= 0.3 is 0 Å². The van der Waals surface area contributed by atoms with Crippen LogP contribution in [0.15, 0.2) is 42.5 Å². The molecule has 1 aliphatic heterocycles. The lowest BCUT2D eigenvalue weighted by Gasteiger charge is -2.29. The van der Waals surface area contributed by atoms with Gasteiger partial charge in [-0.05, 0) is 24.3 Å². The molecule has 0 spiro atoms. The van der Waals surface area contributed by atoms with Crippen molar-refractivity contribution in [2.75, 3.05) is 38.7 Å². The van der Waals surface area contributed by atoms with Gasteiger partial charge in [0, 0.05) is 0 Å². The summed E-state index contributed by atoms with van der Waals surface area (Å²) < 4.78 is 12.6. The van der Waals surface area contributed by atoms with Gasteiger partial charge in [0.15, 0.2) is 16.6 Å². The fourth-order valence-corrected chi connectivity index (χ4v) is 4.27. The third-order valence-corrected chi connectivity index (χ3v) is 5.82. The number of ether oxygens (including phenoxy) is 2. The average molecular weight is 419 g/mol. The minimum atomic E-state index is -0.713. The number of anilines is 1. The first-order valence-corrected chi connectivity index (χ1v) is 10.3. The number of hydrogen-bond donors (Lipinski definition) is 1. The van der Waals surface area contributed by atoms with Crippen LogP contribution >= 0.6 is 22.9 Å². The molecule has 0 aliphatic carbocycles. The zero-order valence-corrected chi connectivity index (χ0v) is 17.2. The van der Waals surface area contributed by atoms with Crippen molar-refractivity contribution in [3.63, 3.8) is 0 Å². The number of rotatable bonds is 5. The molecule has 0 bridgehead atoms. The van der Waals surface area contributed by atoms with Crippen LogP contribution < -0.4 is 19.3 Å². The molecule has 2 aromatic carbocycles. The number of benzene rings is 2. The molecule has 1 aromatic heterocycles. The molecule has 146 valence electrons. The number of aromatic nitrogens is 1. The molecule has 2 heterocycles. The second-order valence-electron chi connectivity index (χ2n) is 6.89. The van der Waals surface area contributed by atoms with Crippen LogP contribution in [-0.2, 0) is 4.79 Å². The lowest BCUT2D eigenvalue weighted by Crippen LogP contribution is -3.06.